The number of pyridine rings is 1. The number of fused-ring (bicyclic) bond motifs is 5. The summed E-state index contributed by atoms with van der Waals surface area (Å²) in [6.07, 6.45) is 5.63. The molecule has 8 heterocycles. The van der Waals surface area contributed by atoms with Crippen LogP contribution in [0, 0.1) is 22.0 Å². The Balaban J connectivity index is 0.644. The Kier molecular flexibility index (Phi) is 18.5. The number of nitrogens with two attached hydrogens (primary N) is 1. The van der Waals surface area contributed by atoms with E-state index in [2.05, 4.69) is 67.2 Å². The molecule has 12 rings (SSSR count). The molecular formula is C61H66N9O20P3. The molecule has 9 N–H and O–H groups in total. The number of aromatic carboxylic acids is 1. The summed E-state index contributed by atoms with van der Waals surface area (Å²) in [5, 5.41) is 44.0. The number of amides is 2. The number of aliphatic hydroxyl groups is 1. The van der Waals surface area contributed by atoms with Crippen molar-refractivity contribution in [3.8, 4) is 29.1 Å². The third-order valence-corrected chi connectivity index (χ3v) is 21.1. The molecule has 2 amide bonds. The molecule has 29 nitrogen and oxygen atoms in total. The summed E-state index contributed by atoms with van der Waals surface area (Å²) in [4.78, 5) is 99.7. The number of hydrogen-bond acceptors (Lipinski definition) is 20. The molecule has 6 aliphatic heterocycles. The fourth-order valence-electron chi connectivity index (χ4n) is 13.3. The highest BCUT2D eigenvalue weighted by Gasteiger charge is 2.44. The molecule has 1 saturated heterocycles. The number of benzene rings is 4. The number of nitro groups is 1. The van der Waals surface area contributed by atoms with Crippen LogP contribution in [0.25, 0.3) is 16.7 Å². The van der Waals surface area contributed by atoms with Crippen molar-refractivity contribution in [2.24, 2.45) is 0 Å². The second-order valence-corrected chi connectivity index (χ2v) is 27.9. The van der Waals surface area contributed by atoms with Gasteiger partial charge in [-0.05, 0) is 106 Å². The van der Waals surface area contributed by atoms with Crippen LogP contribution in [0.5, 0.6) is 17.2 Å². The van der Waals surface area contributed by atoms with Crippen molar-refractivity contribution in [3.05, 3.63) is 137 Å². The number of ether oxygens (including phenoxy) is 3. The monoisotopic (exact) mass is 1340 g/mol. The minimum Gasteiger partial charge on any atom is -0.545 e. The van der Waals surface area contributed by atoms with Gasteiger partial charge in [-0.25, -0.2) is 28.2 Å². The van der Waals surface area contributed by atoms with Gasteiger partial charge in [0.05, 0.1) is 47.6 Å². The minimum atomic E-state index is -5.79. The van der Waals surface area contributed by atoms with E-state index in [1.165, 1.54) is 63.4 Å². The van der Waals surface area contributed by atoms with E-state index in [1.807, 2.05) is 0 Å². The van der Waals surface area contributed by atoms with Crippen molar-refractivity contribution < 1.29 is 90.1 Å². The summed E-state index contributed by atoms with van der Waals surface area (Å²) in [5.41, 5.74) is 14.7. The number of phosphoric acid groups is 3. The second-order valence-electron chi connectivity index (χ2n) is 23.5. The Bertz CT molecular complexity index is 4430. The summed E-state index contributed by atoms with van der Waals surface area (Å²) in [5.74, 6) is 5.23. The number of anilines is 2. The Morgan fingerprint density at radius 2 is 1.66 bits per heavy atom. The number of nitrogen functional groups attached to an aromatic ring is 1. The average Bonchev–Trinajstić information content (AvgIpc) is 1.34. The number of imidazole rings is 1. The molecule has 2 aromatic heterocycles. The van der Waals surface area contributed by atoms with E-state index < -0.39 is 65.5 Å². The van der Waals surface area contributed by atoms with E-state index in [0.29, 0.717) is 36.9 Å². The summed E-state index contributed by atoms with van der Waals surface area (Å²) in [6.45, 7) is 4.81. The number of carbonyl (C=O) groups is 3. The third-order valence-electron chi connectivity index (χ3n) is 17.2. The van der Waals surface area contributed by atoms with Crippen LogP contribution < -0.4 is 51.0 Å². The van der Waals surface area contributed by atoms with Gasteiger partial charge in [0, 0.05) is 107 Å². The molecule has 4 aromatic carbocycles. The Hall–Kier alpha value is -7.93. The highest BCUT2D eigenvalue weighted by Crippen LogP contribution is 2.66. The lowest BCUT2D eigenvalue weighted by Crippen LogP contribution is -2.45. The van der Waals surface area contributed by atoms with Gasteiger partial charge in [-0.15, -0.1) is 0 Å². The number of nitrogens with zero attached hydrogens (tertiary/aromatic N) is 6. The minimum absolute atomic E-state index is 0.0107. The maximum Gasteiger partial charge on any atom is 0.490 e. The Morgan fingerprint density at radius 1 is 0.892 bits per heavy atom. The Morgan fingerprint density at radius 3 is 2.43 bits per heavy atom. The summed E-state index contributed by atoms with van der Waals surface area (Å²) >= 11 is 0. The number of unbranched alkanes of at least 4 members (excludes halogenated alkanes) is 2. The molecule has 0 radical (unpaired) electrons. The summed E-state index contributed by atoms with van der Waals surface area (Å²) in [7, 11) is -17.0. The molecule has 490 valence electrons. The van der Waals surface area contributed by atoms with Gasteiger partial charge in [0.25, 0.3) is 11.6 Å². The molecule has 0 saturated carbocycles. The number of nitro benzene ring substituents is 1. The number of nitrogens with one attached hydrogen (secondary N) is 2. The van der Waals surface area contributed by atoms with E-state index in [9.17, 15) is 58.2 Å². The van der Waals surface area contributed by atoms with Crippen LogP contribution in [0.15, 0.2) is 60.9 Å². The second kappa shape index (κ2) is 26.5. The molecule has 2 unspecified atom stereocenters. The first kappa shape index (κ1) is 65.1. The lowest BCUT2D eigenvalue weighted by atomic mass is 9.81. The number of phosphoric ester groups is 1. The number of hydrogen-bond donors (Lipinski definition) is 8. The molecule has 6 aliphatic rings. The van der Waals surface area contributed by atoms with E-state index in [-0.39, 0.29) is 76.3 Å². The molecule has 1 fully saturated rings. The van der Waals surface area contributed by atoms with Gasteiger partial charge in [-0.1, -0.05) is 24.3 Å². The number of aliphatic hydroxyl groups excluding tert-OH is 1. The van der Waals surface area contributed by atoms with Gasteiger partial charge in [0.15, 0.2) is 11.4 Å². The predicted molar refractivity (Wildman–Crippen MR) is 330 cm³/mol. The smallest absolute Gasteiger partial charge is 0.490 e. The summed E-state index contributed by atoms with van der Waals surface area (Å²) < 4.78 is 69.9. The van der Waals surface area contributed by atoms with Crippen molar-refractivity contribution >= 4 is 75.2 Å². The molecular weight excluding hydrogens is 1270 g/mol. The zero-order valence-electron chi connectivity index (χ0n) is 50.2. The van der Waals surface area contributed by atoms with Gasteiger partial charge < -0.3 is 70.1 Å². The van der Waals surface area contributed by atoms with Gasteiger partial charge in [-0.2, -0.15) is 8.62 Å². The van der Waals surface area contributed by atoms with Crippen molar-refractivity contribution in [1.82, 2.24) is 29.7 Å². The number of aryl methyl sites for hydroxylation is 2. The topological polar surface area (TPSA) is 412 Å². The van der Waals surface area contributed by atoms with Crippen molar-refractivity contribution in [1.29, 1.82) is 0 Å². The van der Waals surface area contributed by atoms with Gasteiger partial charge in [0.1, 0.15) is 54.4 Å². The number of rotatable bonds is 22. The molecule has 0 spiro atoms. The van der Waals surface area contributed by atoms with Crippen LogP contribution in [0.3, 0.4) is 0 Å². The average molecular weight is 1340 g/mol. The molecule has 93 heavy (non-hydrogen) atoms. The molecule has 6 atom stereocenters. The van der Waals surface area contributed by atoms with Crippen molar-refractivity contribution in [3.63, 3.8) is 0 Å². The normalized spacial score (nSPS) is 19.5. The fourth-order valence-corrected chi connectivity index (χ4v) is 16.4. The van der Waals surface area contributed by atoms with E-state index in [4.69, 9.17) is 29.7 Å². The van der Waals surface area contributed by atoms with Gasteiger partial charge in [0.2, 0.25) is 11.3 Å². The zero-order valence-corrected chi connectivity index (χ0v) is 52.9. The highest BCUT2D eigenvalue weighted by atomic mass is 31.3. The summed E-state index contributed by atoms with van der Waals surface area (Å²) in [6, 6.07) is 14.7. The van der Waals surface area contributed by atoms with E-state index in [1.54, 1.807) is 19.1 Å². The van der Waals surface area contributed by atoms with Gasteiger partial charge >= 0.3 is 23.5 Å². The largest absolute Gasteiger partial charge is 0.545 e. The SMILES string of the molecule is C[C@H](Oc1cc(N)nc2c1ncn2[C@H]1C[C@@H](O)[C@@H](COP(=O)(O)OP(=O)(O)OP(=O)(O)O)O1)c1ccc(C#CCNC(=O)CCCCCNC(=O)c2ccc(C(=O)[O-])c(C3=c4cc5c6c(c4Oc4c3cc3c7c4CCCN7CCC3)CCC[N+]=6CCC5)c2)cc1[N+](=O)[O-]. The first-order valence-corrected chi connectivity index (χ1v) is 34.9. The molecule has 32 heteroatoms. The lowest BCUT2D eigenvalue weighted by molar-refractivity contribution is -0.386. The number of aromatic nitrogens is 3. The zero-order chi connectivity index (χ0) is 65.7. The maximum absolute atomic E-state index is 14.0. The molecule has 6 aromatic rings. The maximum atomic E-state index is 14.0. The Labute approximate surface area is 530 Å². The molecule has 0 aliphatic carbocycles. The van der Waals surface area contributed by atoms with Crippen molar-refractivity contribution in [2.75, 3.05) is 56.5 Å². The molecule has 0 bridgehead atoms. The number of carboxylic acids is 1. The quantitative estimate of drug-likeness (QED) is 0.0117. The van der Waals surface area contributed by atoms with Crippen LogP contribution in [0.1, 0.15) is 142 Å². The van der Waals surface area contributed by atoms with Crippen LogP contribution >= 0.6 is 23.5 Å². The number of carbonyl (C=O) groups excluding carboxylic acids is 3. The van der Waals surface area contributed by atoms with Crippen LogP contribution in [0.4, 0.5) is 17.2 Å². The first-order chi connectivity index (χ1) is 44.4. The van der Waals surface area contributed by atoms with Gasteiger partial charge in [-0.3, -0.25) is 28.8 Å². The third kappa shape index (κ3) is 14.0. The van der Waals surface area contributed by atoms with Crippen LogP contribution in [0.2, 0.25) is 0 Å². The first-order valence-electron chi connectivity index (χ1n) is 30.4. The fraction of sp³-hybridized carbons (Fsp3) is 0.410. The van der Waals surface area contributed by atoms with E-state index >= 15 is 0 Å². The predicted octanol–water partition coefficient (Wildman–Crippen LogP) is 4.31. The van der Waals surface area contributed by atoms with Crippen LogP contribution in [-0.2, 0) is 62.1 Å². The lowest BCUT2D eigenvalue weighted by Gasteiger charge is -2.39. The number of carboxylic acid groups (broad SMARTS) is 1. The van der Waals surface area contributed by atoms with E-state index in [0.717, 1.165) is 117 Å². The van der Waals surface area contributed by atoms with Crippen molar-refractivity contribution in [2.45, 2.75) is 115 Å². The standard InChI is InChI=1S/C61H66N9O20P3/c1-34(86-48-31-50(62)66-59-54(48)65-33-69(59)52-30-47(71)49(87-52)32-85-92(81,82)90-93(83,84)89-91(78,79)80)39-18-16-35(26-46(39)70(76)77)10-5-21-63-51(72)15-3-2-4-20-64-60(73)38-17-19-40(61(74)75)43(29-38)53-44-27-36-11-6-22-67-24-8-13-41(55(36)67)57(44)88-58-42-14-9-25-68-23-7-12-37(56(42)68)28-45(53)58/h16-19,26-29,31,33-34,47,49,52,71H,2-4,6-9,11-15,20-25,30,32H2,1H3,(H8-,62,63,64,66,72,73,74,75,78,79,80,81,82,83,84)/t34-,47+,49+,52+/m0/s1. The highest BCUT2D eigenvalue weighted by molar-refractivity contribution is 7.66. The van der Waals surface area contributed by atoms with Crippen LogP contribution in [-0.4, -0.2) is 120 Å².